The highest BCUT2D eigenvalue weighted by Crippen LogP contribution is 2.17. The number of carbonyl (C=O) groups excluding carboxylic acids is 2. The minimum Gasteiger partial charge on any atom is -0.481 e. The molecule has 2 aromatic rings. The second-order valence-corrected chi connectivity index (χ2v) is 9.00. The lowest BCUT2D eigenvalue weighted by Crippen LogP contribution is -2.36. The number of unbranched alkanes of at least 4 members (excludes halogenated alkanes) is 5. The van der Waals surface area contributed by atoms with Crippen molar-refractivity contribution in [2.45, 2.75) is 64.6 Å². The zero-order chi connectivity index (χ0) is 24.8. The van der Waals surface area contributed by atoms with Crippen LogP contribution in [0.15, 0.2) is 48.5 Å². The lowest BCUT2D eigenvalue weighted by molar-refractivity contribution is -0.127. The molecule has 0 heterocycles. The van der Waals surface area contributed by atoms with Gasteiger partial charge in [0.1, 0.15) is 11.5 Å². The monoisotopic (exact) mass is 508 g/mol. The summed E-state index contributed by atoms with van der Waals surface area (Å²) in [6.45, 7) is 4.73. The Kier molecular flexibility index (Phi) is 12.6. The highest BCUT2D eigenvalue weighted by Gasteiger charge is 2.14. The van der Waals surface area contributed by atoms with Crippen LogP contribution in [-0.2, 0) is 9.59 Å². The van der Waals surface area contributed by atoms with Crippen molar-refractivity contribution in [1.29, 1.82) is 0 Å². The smallest absolute Gasteiger partial charge is 0.260 e. The Labute approximate surface area is 212 Å². The zero-order valence-corrected chi connectivity index (χ0v) is 21.3. The maximum absolute atomic E-state index is 12.1. The van der Waals surface area contributed by atoms with Crippen LogP contribution in [0.4, 0.5) is 0 Å². The van der Waals surface area contributed by atoms with Gasteiger partial charge in [0, 0.05) is 23.1 Å². The Morgan fingerprint density at radius 2 is 0.971 bits per heavy atom. The molecule has 2 unspecified atom stereocenters. The van der Waals surface area contributed by atoms with E-state index >= 15 is 0 Å². The van der Waals surface area contributed by atoms with Gasteiger partial charge in [0.25, 0.3) is 11.8 Å². The SMILES string of the molecule is CC(Oc1ccc(Cl)cc1)C(=O)NCCCCCCCCNC(=O)C(C)Oc1ccc(Cl)cc1. The molecule has 8 heteroatoms. The van der Waals surface area contributed by atoms with Crippen LogP contribution >= 0.6 is 23.2 Å². The third kappa shape index (κ3) is 11.1. The number of ether oxygens (including phenoxy) is 2. The molecule has 6 nitrogen and oxygen atoms in total. The Morgan fingerprint density at radius 3 is 1.32 bits per heavy atom. The second-order valence-electron chi connectivity index (χ2n) is 8.13. The molecular formula is C26H34Cl2N2O4. The normalized spacial score (nSPS) is 12.5. The molecule has 0 aliphatic rings. The summed E-state index contributed by atoms with van der Waals surface area (Å²) < 4.78 is 11.2. The molecule has 2 rings (SSSR count). The molecule has 34 heavy (non-hydrogen) atoms. The van der Waals surface area contributed by atoms with E-state index in [0.29, 0.717) is 34.6 Å². The van der Waals surface area contributed by atoms with E-state index in [1.807, 2.05) is 0 Å². The summed E-state index contributed by atoms with van der Waals surface area (Å²) in [7, 11) is 0. The summed E-state index contributed by atoms with van der Waals surface area (Å²) in [6, 6.07) is 13.9. The van der Waals surface area contributed by atoms with Crippen molar-refractivity contribution in [3.05, 3.63) is 58.6 Å². The van der Waals surface area contributed by atoms with Crippen LogP contribution in [-0.4, -0.2) is 37.1 Å². The topological polar surface area (TPSA) is 76.7 Å². The van der Waals surface area contributed by atoms with Crippen molar-refractivity contribution in [3.63, 3.8) is 0 Å². The molecule has 0 saturated carbocycles. The number of halogens is 2. The van der Waals surface area contributed by atoms with Crippen LogP contribution in [0.1, 0.15) is 52.4 Å². The van der Waals surface area contributed by atoms with E-state index < -0.39 is 12.2 Å². The van der Waals surface area contributed by atoms with Gasteiger partial charge in [0.05, 0.1) is 0 Å². The number of amides is 2. The van der Waals surface area contributed by atoms with Gasteiger partial charge in [-0.2, -0.15) is 0 Å². The van der Waals surface area contributed by atoms with Gasteiger partial charge in [-0.25, -0.2) is 0 Å². The molecule has 2 atom stereocenters. The predicted molar refractivity (Wildman–Crippen MR) is 137 cm³/mol. The van der Waals surface area contributed by atoms with E-state index in [1.54, 1.807) is 62.4 Å². The van der Waals surface area contributed by atoms with Gasteiger partial charge in [0.2, 0.25) is 0 Å². The first-order valence-corrected chi connectivity index (χ1v) is 12.5. The van der Waals surface area contributed by atoms with Crippen molar-refractivity contribution in [1.82, 2.24) is 10.6 Å². The van der Waals surface area contributed by atoms with E-state index in [-0.39, 0.29) is 11.8 Å². The maximum atomic E-state index is 12.1. The average molecular weight is 509 g/mol. The Morgan fingerprint density at radius 1 is 0.647 bits per heavy atom. The van der Waals surface area contributed by atoms with Crippen molar-refractivity contribution >= 4 is 35.0 Å². The number of hydrogen-bond acceptors (Lipinski definition) is 4. The fourth-order valence-electron chi connectivity index (χ4n) is 3.21. The van der Waals surface area contributed by atoms with E-state index in [0.717, 1.165) is 38.5 Å². The second kappa shape index (κ2) is 15.5. The van der Waals surface area contributed by atoms with Crippen molar-refractivity contribution in [2.24, 2.45) is 0 Å². The van der Waals surface area contributed by atoms with Crippen LogP contribution in [0, 0.1) is 0 Å². The van der Waals surface area contributed by atoms with Crippen LogP contribution < -0.4 is 20.1 Å². The summed E-state index contributed by atoms with van der Waals surface area (Å²) in [4.78, 5) is 24.3. The van der Waals surface area contributed by atoms with E-state index in [9.17, 15) is 9.59 Å². The average Bonchev–Trinajstić information content (AvgIpc) is 2.82. The molecule has 0 aromatic heterocycles. The summed E-state index contributed by atoms with van der Waals surface area (Å²) in [6.07, 6.45) is 5.01. The number of nitrogens with one attached hydrogen (secondary N) is 2. The molecule has 186 valence electrons. The molecule has 0 aliphatic carbocycles. The Balaban J connectivity index is 1.44. The molecule has 0 saturated heterocycles. The van der Waals surface area contributed by atoms with Crippen molar-refractivity contribution in [3.8, 4) is 11.5 Å². The molecule has 0 bridgehead atoms. The minimum absolute atomic E-state index is 0.125. The maximum Gasteiger partial charge on any atom is 0.260 e. The van der Waals surface area contributed by atoms with Crippen molar-refractivity contribution < 1.29 is 19.1 Å². The van der Waals surface area contributed by atoms with E-state index in [2.05, 4.69) is 10.6 Å². The summed E-state index contributed by atoms with van der Waals surface area (Å²) in [5.41, 5.74) is 0. The van der Waals surface area contributed by atoms with Gasteiger partial charge < -0.3 is 20.1 Å². The summed E-state index contributed by atoms with van der Waals surface area (Å²) in [5.74, 6) is 0.985. The molecule has 0 fully saturated rings. The van der Waals surface area contributed by atoms with Gasteiger partial charge in [0.15, 0.2) is 12.2 Å². The standard InChI is InChI=1S/C26H34Cl2N2O4/c1-19(33-23-13-9-21(27)10-14-23)25(31)29-17-7-5-3-4-6-8-18-30-26(32)20(2)34-24-15-11-22(28)12-16-24/h9-16,19-20H,3-8,17-18H2,1-2H3,(H,29,31)(H,30,32). The van der Waals surface area contributed by atoms with E-state index in [1.165, 1.54) is 0 Å². The van der Waals surface area contributed by atoms with Crippen LogP contribution in [0.5, 0.6) is 11.5 Å². The molecule has 2 aromatic carbocycles. The lowest BCUT2D eigenvalue weighted by Gasteiger charge is -2.15. The molecule has 2 amide bonds. The first kappa shape index (κ1) is 27.8. The summed E-state index contributed by atoms with van der Waals surface area (Å²) in [5, 5.41) is 7.08. The third-order valence-electron chi connectivity index (χ3n) is 5.19. The first-order valence-electron chi connectivity index (χ1n) is 11.7. The number of carbonyl (C=O) groups is 2. The Bertz CT molecular complexity index is 802. The molecular weight excluding hydrogens is 475 g/mol. The van der Waals surface area contributed by atoms with Crippen molar-refractivity contribution in [2.75, 3.05) is 13.1 Å². The van der Waals surface area contributed by atoms with Crippen LogP contribution in [0.25, 0.3) is 0 Å². The molecule has 0 aliphatic heterocycles. The van der Waals surface area contributed by atoms with Crippen LogP contribution in [0.2, 0.25) is 10.0 Å². The highest BCUT2D eigenvalue weighted by molar-refractivity contribution is 6.30. The fourth-order valence-corrected chi connectivity index (χ4v) is 3.46. The number of hydrogen-bond donors (Lipinski definition) is 2. The van der Waals surface area contributed by atoms with Gasteiger partial charge in [-0.15, -0.1) is 0 Å². The molecule has 0 spiro atoms. The van der Waals surface area contributed by atoms with E-state index in [4.69, 9.17) is 32.7 Å². The van der Waals surface area contributed by atoms with Crippen LogP contribution in [0.3, 0.4) is 0 Å². The largest absolute Gasteiger partial charge is 0.481 e. The van der Waals surface area contributed by atoms with Gasteiger partial charge in [-0.05, 0) is 75.2 Å². The number of rotatable bonds is 15. The Hall–Kier alpha value is -2.44. The number of benzene rings is 2. The molecule has 0 radical (unpaired) electrons. The molecule has 2 N–H and O–H groups in total. The van der Waals surface area contributed by atoms with Gasteiger partial charge in [-0.1, -0.05) is 48.9 Å². The quantitative estimate of drug-likeness (QED) is 0.298. The summed E-state index contributed by atoms with van der Waals surface area (Å²) >= 11 is 11.7. The predicted octanol–water partition coefficient (Wildman–Crippen LogP) is 5.80. The fraction of sp³-hybridized carbons (Fsp3) is 0.462. The minimum atomic E-state index is -0.560. The zero-order valence-electron chi connectivity index (χ0n) is 19.8. The third-order valence-corrected chi connectivity index (χ3v) is 5.70. The van der Waals surface area contributed by atoms with Gasteiger partial charge >= 0.3 is 0 Å². The first-order chi connectivity index (χ1) is 16.3. The lowest BCUT2D eigenvalue weighted by atomic mass is 10.1. The van der Waals surface area contributed by atoms with Gasteiger partial charge in [-0.3, -0.25) is 9.59 Å². The highest BCUT2D eigenvalue weighted by atomic mass is 35.5.